The lowest BCUT2D eigenvalue weighted by Crippen LogP contribution is -2.10. The van der Waals surface area contributed by atoms with E-state index >= 15 is 0 Å². The molecule has 2 atom stereocenters. The molecule has 2 unspecified atom stereocenters. The Labute approximate surface area is 132 Å². The molecule has 0 spiro atoms. The summed E-state index contributed by atoms with van der Waals surface area (Å²) in [6.45, 7) is 4.06. The Morgan fingerprint density at radius 1 is 1.33 bits per heavy atom. The summed E-state index contributed by atoms with van der Waals surface area (Å²) in [4.78, 5) is 5.89. The summed E-state index contributed by atoms with van der Waals surface area (Å²) in [6.07, 6.45) is 0. The van der Waals surface area contributed by atoms with Crippen molar-refractivity contribution in [1.29, 1.82) is 5.26 Å². The van der Waals surface area contributed by atoms with Crippen LogP contribution in [0, 0.1) is 11.3 Å². The first-order chi connectivity index (χ1) is 10.1. The van der Waals surface area contributed by atoms with Crippen LogP contribution in [0.1, 0.15) is 41.5 Å². The zero-order chi connectivity index (χ0) is 15.0. The van der Waals surface area contributed by atoms with E-state index in [9.17, 15) is 0 Å². The number of imidazole rings is 1. The molecule has 0 N–H and O–H groups in total. The molecule has 0 radical (unpaired) electrons. The molecule has 0 fully saturated rings. The van der Waals surface area contributed by atoms with E-state index in [-0.39, 0.29) is 11.4 Å². The van der Waals surface area contributed by atoms with E-state index in [1.165, 1.54) is 4.88 Å². The van der Waals surface area contributed by atoms with E-state index < -0.39 is 0 Å². The van der Waals surface area contributed by atoms with Crippen LogP contribution in [0.25, 0.3) is 11.0 Å². The topological polar surface area (TPSA) is 41.6 Å². The Kier molecular flexibility index (Phi) is 3.71. The van der Waals surface area contributed by atoms with Crippen LogP contribution < -0.4 is 0 Å². The van der Waals surface area contributed by atoms with E-state index in [1.54, 1.807) is 17.4 Å². The van der Waals surface area contributed by atoms with Crippen LogP contribution in [-0.2, 0) is 0 Å². The molecule has 0 aliphatic rings. The molecule has 5 heteroatoms. The quantitative estimate of drug-likeness (QED) is 0.646. The number of hydrogen-bond donors (Lipinski definition) is 0. The second kappa shape index (κ2) is 5.51. The predicted molar refractivity (Wildman–Crippen MR) is 86.8 cm³/mol. The van der Waals surface area contributed by atoms with E-state index in [4.69, 9.17) is 16.9 Å². The van der Waals surface area contributed by atoms with E-state index in [1.807, 2.05) is 25.1 Å². The van der Waals surface area contributed by atoms with Crippen molar-refractivity contribution < 1.29 is 0 Å². The summed E-state index contributed by atoms with van der Waals surface area (Å²) in [7, 11) is 0. The summed E-state index contributed by atoms with van der Waals surface area (Å²) in [6, 6.07) is 12.0. The third-order valence-electron chi connectivity index (χ3n) is 3.54. The number of thiophene rings is 1. The minimum Gasteiger partial charge on any atom is -0.319 e. The highest BCUT2D eigenvalue weighted by Crippen LogP contribution is 2.32. The highest BCUT2D eigenvalue weighted by Gasteiger charge is 2.20. The van der Waals surface area contributed by atoms with Crippen molar-refractivity contribution in [3.63, 3.8) is 0 Å². The maximum Gasteiger partial charge on any atom is 0.128 e. The number of hydrogen-bond acceptors (Lipinski definition) is 3. The zero-order valence-corrected chi connectivity index (χ0v) is 13.3. The van der Waals surface area contributed by atoms with Crippen LogP contribution in [-0.4, -0.2) is 9.55 Å². The minimum atomic E-state index is -0.189. The molecule has 0 saturated heterocycles. The van der Waals surface area contributed by atoms with Gasteiger partial charge in [-0.3, -0.25) is 0 Å². The van der Waals surface area contributed by atoms with Crippen LogP contribution >= 0.6 is 22.9 Å². The minimum absolute atomic E-state index is 0.139. The first-order valence-corrected chi connectivity index (χ1v) is 8.03. The summed E-state index contributed by atoms with van der Waals surface area (Å²) < 4.78 is 2.14. The zero-order valence-electron chi connectivity index (χ0n) is 11.7. The highest BCUT2D eigenvalue weighted by atomic mass is 35.5. The molecule has 106 valence electrons. The number of fused-ring (bicyclic) bond motifs is 1. The molecule has 2 aromatic heterocycles. The SMILES string of the molecule is CC(Cl)c1nc2ccc(C#N)cc2n1C(C)c1cccs1. The summed E-state index contributed by atoms with van der Waals surface area (Å²) in [5.74, 6) is 0.836. The van der Waals surface area contributed by atoms with Gasteiger partial charge >= 0.3 is 0 Å². The molecule has 0 amide bonds. The lowest BCUT2D eigenvalue weighted by molar-refractivity contribution is 0.628. The van der Waals surface area contributed by atoms with Gasteiger partial charge in [0, 0.05) is 4.88 Å². The maximum absolute atomic E-state index is 9.12. The fourth-order valence-electron chi connectivity index (χ4n) is 2.53. The molecule has 0 saturated carbocycles. The van der Waals surface area contributed by atoms with E-state index in [2.05, 4.69) is 34.0 Å². The number of aromatic nitrogens is 2. The third kappa shape index (κ3) is 2.44. The smallest absolute Gasteiger partial charge is 0.128 e. The molecule has 1 aromatic carbocycles. The molecule has 0 aliphatic carbocycles. The van der Waals surface area contributed by atoms with Gasteiger partial charge in [0.25, 0.3) is 0 Å². The first kappa shape index (κ1) is 14.1. The maximum atomic E-state index is 9.12. The summed E-state index contributed by atoms with van der Waals surface area (Å²) in [5.41, 5.74) is 2.47. The molecule has 21 heavy (non-hydrogen) atoms. The van der Waals surface area contributed by atoms with Gasteiger partial charge < -0.3 is 4.57 Å². The third-order valence-corrected chi connectivity index (χ3v) is 4.78. The normalized spacial score (nSPS) is 14.0. The number of rotatable bonds is 3. The number of halogens is 1. The molecule has 0 aliphatic heterocycles. The Morgan fingerprint density at radius 3 is 2.76 bits per heavy atom. The van der Waals surface area contributed by atoms with Crippen LogP contribution in [0.5, 0.6) is 0 Å². The average molecular weight is 316 g/mol. The predicted octanol–water partition coefficient (Wildman–Crippen LogP) is 4.88. The number of alkyl halides is 1. The van der Waals surface area contributed by atoms with Gasteiger partial charge in [0.1, 0.15) is 5.82 Å². The van der Waals surface area contributed by atoms with E-state index in [0.717, 1.165) is 16.9 Å². The van der Waals surface area contributed by atoms with Gasteiger partial charge in [-0.05, 0) is 43.5 Å². The van der Waals surface area contributed by atoms with Crippen LogP contribution in [0.4, 0.5) is 0 Å². The van der Waals surface area contributed by atoms with Gasteiger partial charge in [0.05, 0.1) is 34.1 Å². The van der Waals surface area contributed by atoms with Crippen LogP contribution in [0.2, 0.25) is 0 Å². The van der Waals surface area contributed by atoms with Crippen molar-refractivity contribution in [3.05, 3.63) is 52.0 Å². The Hall–Kier alpha value is -1.83. The van der Waals surface area contributed by atoms with Crippen molar-refractivity contribution >= 4 is 34.0 Å². The molecule has 3 rings (SSSR count). The second-order valence-electron chi connectivity index (χ2n) is 4.96. The Bertz CT molecular complexity index is 812. The van der Waals surface area contributed by atoms with Gasteiger partial charge in [-0.2, -0.15) is 5.26 Å². The molecular formula is C16H14ClN3S. The molecule has 3 nitrogen and oxygen atoms in total. The van der Waals surface area contributed by atoms with Crippen LogP contribution in [0.3, 0.4) is 0 Å². The van der Waals surface area contributed by atoms with Crippen molar-refractivity contribution in [2.24, 2.45) is 0 Å². The van der Waals surface area contributed by atoms with Crippen molar-refractivity contribution in [3.8, 4) is 6.07 Å². The fourth-order valence-corrected chi connectivity index (χ4v) is 3.45. The largest absolute Gasteiger partial charge is 0.319 e. The van der Waals surface area contributed by atoms with Gasteiger partial charge in [0.2, 0.25) is 0 Å². The van der Waals surface area contributed by atoms with Crippen molar-refractivity contribution in [1.82, 2.24) is 9.55 Å². The van der Waals surface area contributed by atoms with Crippen molar-refractivity contribution in [2.45, 2.75) is 25.3 Å². The number of nitriles is 1. The van der Waals surface area contributed by atoms with Crippen LogP contribution in [0.15, 0.2) is 35.7 Å². The monoisotopic (exact) mass is 315 g/mol. The first-order valence-electron chi connectivity index (χ1n) is 6.71. The summed E-state index contributed by atoms with van der Waals surface area (Å²) >= 11 is 8.03. The molecule has 0 bridgehead atoms. The Balaban J connectivity index is 2.27. The van der Waals surface area contributed by atoms with E-state index in [0.29, 0.717) is 5.56 Å². The number of benzene rings is 1. The van der Waals surface area contributed by atoms with Gasteiger partial charge in [0.15, 0.2) is 0 Å². The molecular weight excluding hydrogens is 302 g/mol. The Morgan fingerprint density at radius 2 is 2.14 bits per heavy atom. The number of nitrogens with zero attached hydrogens (tertiary/aromatic N) is 3. The molecule has 3 aromatic rings. The summed E-state index contributed by atoms with van der Waals surface area (Å²) in [5, 5.41) is 11.0. The average Bonchev–Trinajstić information content (AvgIpc) is 3.13. The lowest BCUT2D eigenvalue weighted by atomic mass is 10.2. The van der Waals surface area contributed by atoms with Gasteiger partial charge in [-0.25, -0.2) is 4.98 Å². The standard InChI is InChI=1S/C16H14ClN3S/c1-10(17)16-19-13-6-5-12(9-18)8-14(13)20(16)11(2)15-4-3-7-21-15/h3-8,10-11H,1-2H3. The lowest BCUT2D eigenvalue weighted by Gasteiger charge is -2.17. The fraction of sp³-hybridized carbons (Fsp3) is 0.250. The van der Waals surface area contributed by atoms with Gasteiger partial charge in [-0.1, -0.05) is 6.07 Å². The second-order valence-corrected chi connectivity index (χ2v) is 6.60. The van der Waals surface area contributed by atoms with Gasteiger partial charge in [-0.15, -0.1) is 22.9 Å². The molecule has 2 heterocycles. The highest BCUT2D eigenvalue weighted by molar-refractivity contribution is 7.10. The van der Waals surface area contributed by atoms with Crippen molar-refractivity contribution in [2.75, 3.05) is 0 Å².